The molecule has 0 aliphatic rings. The Hall–Kier alpha value is -2.09. The van der Waals surface area contributed by atoms with Crippen LogP contribution in [0.1, 0.15) is 5.82 Å². The summed E-state index contributed by atoms with van der Waals surface area (Å²) in [5.74, 6) is -0.286. The fourth-order valence-corrected chi connectivity index (χ4v) is 1.97. The second-order valence-electron chi connectivity index (χ2n) is 4.05. The minimum Gasteiger partial charge on any atom is -0.497 e. The summed E-state index contributed by atoms with van der Waals surface area (Å²) in [5.41, 5.74) is 0.550. The van der Waals surface area contributed by atoms with Crippen molar-refractivity contribution in [3.8, 4) is 22.8 Å². The molecule has 0 amide bonds. The Bertz CT molecular complexity index is 713. The van der Waals surface area contributed by atoms with E-state index in [9.17, 15) is 13.2 Å². The summed E-state index contributed by atoms with van der Waals surface area (Å²) < 4.78 is 48.4. The van der Waals surface area contributed by atoms with E-state index in [-0.39, 0.29) is 10.3 Å². The van der Waals surface area contributed by atoms with Crippen LogP contribution in [-0.4, -0.2) is 24.2 Å². The van der Waals surface area contributed by atoms with E-state index in [1.165, 1.54) is 20.3 Å². The first-order valence-electron chi connectivity index (χ1n) is 5.76. The van der Waals surface area contributed by atoms with Crippen molar-refractivity contribution in [2.24, 2.45) is 0 Å². The van der Waals surface area contributed by atoms with Gasteiger partial charge in [-0.15, -0.1) is 0 Å². The van der Waals surface area contributed by atoms with E-state index in [2.05, 4.69) is 9.97 Å². The van der Waals surface area contributed by atoms with E-state index in [0.29, 0.717) is 17.1 Å². The number of alkyl halides is 3. The summed E-state index contributed by atoms with van der Waals surface area (Å²) in [6, 6.07) is 6.13. The Morgan fingerprint density at radius 2 is 1.86 bits per heavy atom. The first kappa shape index (κ1) is 15.3. The van der Waals surface area contributed by atoms with Crippen molar-refractivity contribution in [2.75, 3.05) is 14.2 Å². The number of nitrogens with one attached hydrogen (secondary N) is 1. The van der Waals surface area contributed by atoms with Crippen LogP contribution in [0.5, 0.6) is 11.5 Å². The van der Waals surface area contributed by atoms with Gasteiger partial charge in [-0.3, -0.25) is 0 Å². The van der Waals surface area contributed by atoms with Crippen molar-refractivity contribution in [3.05, 3.63) is 34.7 Å². The van der Waals surface area contributed by atoms with Gasteiger partial charge < -0.3 is 14.5 Å². The van der Waals surface area contributed by atoms with Gasteiger partial charge in [0, 0.05) is 5.56 Å². The summed E-state index contributed by atoms with van der Waals surface area (Å²) in [6.45, 7) is 0. The molecule has 0 atom stereocenters. The van der Waals surface area contributed by atoms with Gasteiger partial charge in [-0.05, 0) is 24.3 Å². The van der Waals surface area contributed by atoms with Gasteiger partial charge in [-0.1, -0.05) is 12.2 Å². The van der Waals surface area contributed by atoms with Gasteiger partial charge in [0.15, 0.2) is 0 Å². The van der Waals surface area contributed by atoms with Gasteiger partial charge in [0.2, 0.25) is 5.82 Å². The molecule has 21 heavy (non-hydrogen) atoms. The Kier molecular flexibility index (Phi) is 4.17. The molecule has 0 bridgehead atoms. The van der Waals surface area contributed by atoms with Crippen LogP contribution in [0.15, 0.2) is 24.3 Å². The number of aromatic nitrogens is 2. The summed E-state index contributed by atoms with van der Waals surface area (Å²) in [6.07, 6.45) is -4.62. The van der Waals surface area contributed by atoms with Crippen LogP contribution in [-0.2, 0) is 6.18 Å². The Morgan fingerprint density at radius 3 is 2.43 bits per heavy atom. The topological polar surface area (TPSA) is 47.1 Å². The highest BCUT2D eigenvalue weighted by molar-refractivity contribution is 7.71. The van der Waals surface area contributed by atoms with Crippen LogP contribution in [0.3, 0.4) is 0 Å². The van der Waals surface area contributed by atoms with Gasteiger partial charge in [0.05, 0.1) is 19.9 Å². The van der Waals surface area contributed by atoms with Crippen molar-refractivity contribution in [2.45, 2.75) is 6.18 Å². The number of hydrogen-bond donors (Lipinski definition) is 1. The first-order chi connectivity index (χ1) is 9.85. The number of H-pyrrole nitrogens is 1. The zero-order valence-corrected chi connectivity index (χ0v) is 11.9. The van der Waals surface area contributed by atoms with Gasteiger partial charge in [-0.2, -0.15) is 13.2 Å². The largest absolute Gasteiger partial charge is 0.497 e. The molecule has 1 aromatic carbocycles. The van der Waals surface area contributed by atoms with Crippen molar-refractivity contribution in [1.29, 1.82) is 0 Å². The smallest absolute Gasteiger partial charge is 0.449 e. The molecule has 0 saturated heterocycles. The van der Waals surface area contributed by atoms with Crippen LogP contribution < -0.4 is 9.47 Å². The highest BCUT2D eigenvalue weighted by Gasteiger charge is 2.34. The third-order valence-electron chi connectivity index (χ3n) is 2.71. The SMILES string of the molecule is COc1ccc(OC)c(-c2cc(=S)nc(C(F)(F)F)[nH]2)c1. The number of methoxy groups -OCH3 is 2. The normalized spacial score (nSPS) is 11.3. The molecular formula is C13H11F3N2O2S. The van der Waals surface area contributed by atoms with E-state index in [1.807, 2.05) is 0 Å². The molecule has 0 aliphatic carbocycles. The van der Waals surface area contributed by atoms with Gasteiger partial charge in [-0.25, -0.2) is 4.98 Å². The fraction of sp³-hybridized carbons (Fsp3) is 0.231. The maximum atomic E-state index is 12.8. The lowest BCUT2D eigenvalue weighted by molar-refractivity contribution is -0.145. The fourth-order valence-electron chi connectivity index (χ4n) is 1.76. The number of nitrogens with zero attached hydrogens (tertiary/aromatic N) is 1. The molecular weight excluding hydrogens is 305 g/mol. The molecule has 1 aromatic heterocycles. The number of hydrogen-bond acceptors (Lipinski definition) is 4. The molecule has 0 saturated carbocycles. The zero-order chi connectivity index (χ0) is 15.6. The van der Waals surface area contributed by atoms with Crippen molar-refractivity contribution >= 4 is 12.2 Å². The lowest BCUT2D eigenvalue weighted by Gasteiger charge is -2.12. The second kappa shape index (κ2) is 5.72. The third kappa shape index (κ3) is 3.33. The molecule has 0 spiro atoms. The predicted octanol–water partition coefficient (Wildman–Crippen LogP) is 3.84. The number of ether oxygens (including phenoxy) is 2. The van der Waals surface area contributed by atoms with Crippen LogP contribution >= 0.6 is 12.2 Å². The Labute approximate surface area is 123 Å². The molecule has 8 heteroatoms. The third-order valence-corrected chi connectivity index (χ3v) is 2.92. The summed E-state index contributed by atoms with van der Waals surface area (Å²) >= 11 is 4.79. The highest BCUT2D eigenvalue weighted by Crippen LogP contribution is 2.34. The first-order valence-corrected chi connectivity index (χ1v) is 6.17. The molecule has 2 rings (SSSR count). The van der Waals surface area contributed by atoms with Crippen LogP contribution in [0, 0.1) is 4.64 Å². The predicted molar refractivity (Wildman–Crippen MR) is 73.0 cm³/mol. The molecule has 0 unspecified atom stereocenters. The van der Waals surface area contributed by atoms with E-state index < -0.39 is 12.0 Å². The van der Waals surface area contributed by atoms with Gasteiger partial charge in [0.1, 0.15) is 16.1 Å². The monoisotopic (exact) mass is 316 g/mol. The minimum absolute atomic E-state index is 0.151. The average molecular weight is 316 g/mol. The van der Waals surface area contributed by atoms with Crippen molar-refractivity contribution < 1.29 is 22.6 Å². The lowest BCUT2D eigenvalue weighted by Crippen LogP contribution is -2.11. The van der Waals surface area contributed by atoms with E-state index in [4.69, 9.17) is 21.7 Å². The van der Waals surface area contributed by atoms with Crippen LogP contribution in [0.25, 0.3) is 11.3 Å². The molecule has 4 nitrogen and oxygen atoms in total. The van der Waals surface area contributed by atoms with Gasteiger partial charge >= 0.3 is 6.18 Å². The average Bonchev–Trinajstić information content (AvgIpc) is 2.45. The van der Waals surface area contributed by atoms with Crippen LogP contribution in [0.4, 0.5) is 13.2 Å². The molecule has 1 heterocycles. The number of benzene rings is 1. The molecule has 0 fully saturated rings. The Morgan fingerprint density at radius 1 is 1.14 bits per heavy atom. The van der Waals surface area contributed by atoms with Crippen LogP contribution in [0.2, 0.25) is 0 Å². The summed E-state index contributed by atoms with van der Waals surface area (Å²) in [7, 11) is 2.88. The standard InChI is InChI=1S/C13H11F3N2O2S/c1-19-7-3-4-10(20-2)8(5-7)9-6-11(21)18-12(17-9)13(14,15)16/h3-6H,1-2H3,(H,17,18,21). The molecule has 112 valence electrons. The zero-order valence-electron chi connectivity index (χ0n) is 11.1. The molecule has 1 N–H and O–H groups in total. The number of rotatable bonds is 3. The Balaban J connectivity index is 2.66. The maximum Gasteiger partial charge on any atom is 0.449 e. The number of halogens is 3. The maximum absolute atomic E-state index is 12.8. The quantitative estimate of drug-likeness (QED) is 0.874. The molecule has 0 radical (unpaired) electrons. The van der Waals surface area contributed by atoms with Crippen molar-refractivity contribution in [1.82, 2.24) is 9.97 Å². The van der Waals surface area contributed by atoms with Crippen molar-refractivity contribution in [3.63, 3.8) is 0 Å². The summed E-state index contributed by atoms with van der Waals surface area (Å²) in [5, 5.41) is 0. The molecule has 0 aliphatic heterocycles. The van der Waals surface area contributed by atoms with E-state index in [0.717, 1.165) is 0 Å². The number of aromatic amines is 1. The van der Waals surface area contributed by atoms with E-state index in [1.54, 1.807) is 18.2 Å². The van der Waals surface area contributed by atoms with Gasteiger partial charge in [0.25, 0.3) is 0 Å². The minimum atomic E-state index is -4.62. The molecule has 2 aromatic rings. The lowest BCUT2D eigenvalue weighted by atomic mass is 10.1. The second-order valence-corrected chi connectivity index (χ2v) is 4.46. The highest BCUT2D eigenvalue weighted by atomic mass is 32.1. The van der Waals surface area contributed by atoms with E-state index >= 15 is 0 Å². The summed E-state index contributed by atoms with van der Waals surface area (Å²) in [4.78, 5) is 5.52.